The second-order valence-corrected chi connectivity index (χ2v) is 17.9. The molecule has 15 heavy (non-hydrogen) atoms. The lowest BCUT2D eigenvalue weighted by molar-refractivity contribution is 0.238. The van der Waals surface area contributed by atoms with Crippen molar-refractivity contribution in [1.29, 1.82) is 0 Å². The minimum atomic E-state index is -1.54. The molecular weight excluding hydrogens is 235 g/mol. The van der Waals surface area contributed by atoms with Gasteiger partial charge in [-0.25, -0.2) is 0 Å². The highest BCUT2D eigenvalue weighted by Crippen LogP contribution is 2.38. The van der Waals surface area contributed by atoms with E-state index < -0.39 is 16.4 Å². The van der Waals surface area contributed by atoms with E-state index in [-0.39, 0.29) is 4.97 Å². The van der Waals surface area contributed by atoms with Crippen LogP contribution >= 0.6 is 9.24 Å². The summed E-state index contributed by atoms with van der Waals surface area (Å²) in [6, 6.07) is 0. The molecule has 0 amide bonds. The number of hydrogen-bond donors (Lipinski definition) is 0. The molecular formula is C11H29OPSi2. The lowest BCUT2D eigenvalue weighted by Crippen LogP contribution is -2.54. The quantitative estimate of drug-likeness (QED) is 0.525. The fraction of sp³-hybridized carbons (Fsp3) is 1.00. The monoisotopic (exact) mass is 264 g/mol. The summed E-state index contributed by atoms with van der Waals surface area (Å²) in [5.74, 6) is 0. The van der Waals surface area contributed by atoms with Gasteiger partial charge in [0.15, 0.2) is 8.32 Å². The normalized spacial score (nSPS) is 19.8. The van der Waals surface area contributed by atoms with Crippen LogP contribution in [0, 0.1) is 0 Å². The van der Waals surface area contributed by atoms with Crippen LogP contribution in [-0.4, -0.2) is 21.4 Å². The summed E-state index contributed by atoms with van der Waals surface area (Å²) >= 11 is 0. The fourth-order valence-corrected chi connectivity index (χ4v) is 6.49. The Hall–Kier alpha value is 0.824. The van der Waals surface area contributed by atoms with Crippen LogP contribution in [0.5, 0.6) is 0 Å². The molecule has 0 saturated heterocycles. The summed E-state index contributed by atoms with van der Waals surface area (Å²) in [7, 11) is 0.149. The first-order chi connectivity index (χ1) is 6.44. The number of rotatable bonds is 5. The van der Waals surface area contributed by atoms with Crippen molar-refractivity contribution in [1.82, 2.24) is 0 Å². The van der Waals surface area contributed by atoms with E-state index in [4.69, 9.17) is 4.43 Å². The van der Waals surface area contributed by atoms with Crippen molar-refractivity contribution >= 4 is 25.6 Å². The zero-order chi connectivity index (χ0) is 12.5. The van der Waals surface area contributed by atoms with E-state index in [1.54, 1.807) is 0 Å². The first-order valence-electron chi connectivity index (χ1n) is 5.93. The SMILES string of the molecule is CCC(C)[Si](C)(C)OC(C)(P)[Si](C)(C)C. The Labute approximate surface area is 101 Å². The molecule has 0 aliphatic carbocycles. The van der Waals surface area contributed by atoms with Gasteiger partial charge in [0.25, 0.3) is 0 Å². The van der Waals surface area contributed by atoms with Crippen LogP contribution in [-0.2, 0) is 4.43 Å². The fourth-order valence-electron chi connectivity index (χ4n) is 1.29. The zero-order valence-corrected chi connectivity index (χ0v) is 14.9. The molecule has 92 valence electrons. The van der Waals surface area contributed by atoms with Crippen LogP contribution in [0.2, 0.25) is 38.3 Å². The maximum atomic E-state index is 6.51. The molecule has 0 spiro atoms. The van der Waals surface area contributed by atoms with E-state index >= 15 is 0 Å². The molecule has 3 unspecified atom stereocenters. The maximum absolute atomic E-state index is 6.51. The van der Waals surface area contributed by atoms with Gasteiger partial charge in [0.05, 0.1) is 13.0 Å². The standard InChI is InChI=1S/C11H29OPSi2/c1-9-10(2)15(7,8)12-11(3,13)14(4,5)6/h10H,9,13H2,1-8H3. The van der Waals surface area contributed by atoms with Gasteiger partial charge < -0.3 is 4.43 Å². The maximum Gasteiger partial charge on any atom is 0.190 e. The molecule has 0 aliphatic heterocycles. The van der Waals surface area contributed by atoms with E-state index in [1.165, 1.54) is 6.42 Å². The number of hydrogen-bond acceptors (Lipinski definition) is 1. The molecule has 0 rings (SSSR count). The molecule has 0 aromatic heterocycles. The minimum Gasteiger partial charge on any atom is -0.412 e. The average Bonchev–Trinajstić information content (AvgIpc) is 1.98. The van der Waals surface area contributed by atoms with Gasteiger partial charge in [-0.3, -0.25) is 0 Å². The largest absolute Gasteiger partial charge is 0.412 e. The molecule has 0 bridgehead atoms. The molecule has 3 atom stereocenters. The van der Waals surface area contributed by atoms with Gasteiger partial charge in [0, 0.05) is 0 Å². The molecule has 0 N–H and O–H groups in total. The van der Waals surface area contributed by atoms with Crippen molar-refractivity contribution in [2.24, 2.45) is 0 Å². The van der Waals surface area contributed by atoms with Crippen molar-refractivity contribution in [2.45, 2.75) is 70.4 Å². The predicted octanol–water partition coefficient (Wildman–Crippen LogP) is 4.48. The second kappa shape index (κ2) is 4.99. The van der Waals surface area contributed by atoms with Gasteiger partial charge in [0.1, 0.15) is 0 Å². The van der Waals surface area contributed by atoms with Crippen LogP contribution < -0.4 is 0 Å². The summed E-state index contributed by atoms with van der Waals surface area (Å²) in [4.78, 5) is 0.0200. The smallest absolute Gasteiger partial charge is 0.190 e. The van der Waals surface area contributed by atoms with Crippen LogP contribution in [0.1, 0.15) is 27.2 Å². The molecule has 0 heterocycles. The third-order valence-corrected chi connectivity index (χ3v) is 13.7. The Balaban J connectivity index is 4.72. The highest BCUT2D eigenvalue weighted by Gasteiger charge is 2.42. The van der Waals surface area contributed by atoms with Gasteiger partial charge in [-0.15, -0.1) is 9.24 Å². The Morgan fingerprint density at radius 3 is 1.87 bits per heavy atom. The Kier molecular flexibility index (Phi) is 5.27. The van der Waals surface area contributed by atoms with E-state index in [0.717, 1.165) is 5.54 Å². The topological polar surface area (TPSA) is 9.23 Å². The van der Waals surface area contributed by atoms with Crippen molar-refractivity contribution < 1.29 is 4.43 Å². The first-order valence-corrected chi connectivity index (χ1v) is 13.0. The molecule has 0 aromatic rings. The summed E-state index contributed by atoms with van der Waals surface area (Å²) in [5, 5.41) is 0. The molecule has 0 radical (unpaired) electrons. The van der Waals surface area contributed by atoms with Crippen molar-refractivity contribution in [3.63, 3.8) is 0 Å². The van der Waals surface area contributed by atoms with E-state index in [1.807, 2.05) is 0 Å². The predicted molar refractivity (Wildman–Crippen MR) is 79.7 cm³/mol. The lowest BCUT2D eigenvalue weighted by atomic mass is 10.4. The van der Waals surface area contributed by atoms with Crippen LogP contribution in [0.15, 0.2) is 0 Å². The van der Waals surface area contributed by atoms with Gasteiger partial charge in [-0.2, -0.15) is 0 Å². The Bertz CT molecular complexity index is 209. The summed E-state index contributed by atoms with van der Waals surface area (Å²) < 4.78 is 6.51. The van der Waals surface area contributed by atoms with Gasteiger partial charge in [0.2, 0.25) is 0 Å². The Morgan fingerprint density at radius 2 is 1.60 bits per heavy atom. The van der Waals surface area contributed by atoms with Gasteiger partial charge in [-0.05, 0) is 25.6 Å². The van der Waals surface area contributed by atoms with Crippen molar-refractivity contribution in [3.05, 3.63) is 0 Å². The molecule has 0 aliphatic rings. The second-order valence-electron chi connectivity index (χ2n) is 6.37. The van der Waals surface area contributed by atoms with Crippen molar-refractivity contribution in [3.8, 4) is 0 Å². The highest BCUT2D eigenvalue weighted by molar-refractivity contribution is 7.26. The summed E-state index contributed by atoms with van der Waals surface area (Å²) in [5.41, 5.74) is 0.730. The Morgan fingerprint density at radius 1 is 1.20 bits per heavy atom. The average molecular weight is 264 g/mol. The van der Waals surface area contributed by atoms with Gasteiger partial charge in [-0.1, -0.05) is 39.9 Å². The summed E-state index contributed by atoms with van der Waals surface area (Å²) in [6.45, 7) is 18.7. The van der Waals surface area contributed by atoms with Crippen LogP contribution in [0.4, 0.5) is 0 Å². The third kappa shape index (κ3) is 4.30. The molecule has 0 fully saturated rings. The molecule has 0 saturated carbocycles. The van der Waals surface area contributed by atoms with E-state index in [2.05, 4.69) is 62.7 Å². The van der Waals surface area contributed by atoms with Crippen molar-refractivity contribution in [2.75, 3.05) is 0 Å². The molecule has 1 nitrogen and oxygen atoms in total. The molecule has 0 aromatic carbocycles. The third-order valence-electron chi connectivity index (χ3n) is 3.76. The molecule has 4 heteroatoms. The van der Waals surface area contributed by atoms with Crippen LogP contribution in [0.25, 0.3) is 0 Å². The minimum absolute atomic E-state index is 0.0200. The van der Waals surface area contributed by atoms with Crippen LogP contribution in [0.3, 0.4) is 0 Å². The lowest BCUT2D eigenvalue weighted by Gasteiger charge is -2.44. The first kappa shape index (κ1) is 15.8. The zero-order valence-electron chi connectivity index (χ0n) is 11.8. The summed E-state index contributed by atoms with van der Waals surface area (Å²) in [6.07, 6.45) is 1.23. The highest BCUT2D eigenvalue weighted by atomic mass is 31.0. The van der Waals surface area contributed by atoms with Gasteiger partial charge >= 0.3 is 0 Å². The van der Waals surface area contributed by atoms with E-state index in [9.17, 15) is 0 Å². The van der Waals surface area contributed by atoms with E-state index in [0.29, 0.717) is 0 Å².